The van der Waals surface area contributed by atoms with E-state index < -0.39 is 0 Å². The Morgan fingerprint density at radius 1 is 0.448 bits per heavy atom. The van der Waals surface area contributed by atoms with E-state index in [0.29, 0.717) is 28.7 Å². The molecule has 0 aromatic heterocycles. The van der Waals surface area contributed by atoms with Crippen molar-refractivity contribution in [3.05, 3.63) is 143 Å². The monoisotopic (exact) mass is 376 g/mol. The molecular weight excluding hydrogens is 356 g/mol. The Balaban J connectivity index is 1.70. The summed E-state index contributed by atoms with van der Waals surface area (Å²) >= 11 is 0. The van der Waals surface area contributed by atoms with E-state index in [0.717, 1.165) is 11.1 Å². The zero-order chi connectivity index (χ0) is 20.1. The van der Waals surface area contributed by atoms with E-state index in [1.165, 1.54) is 0 Å². The zero-order valence-corrected chi connectivity index (χ0v) is 15.9. The van der Waals surface area contributed by atoms with Crippen LogP contribution in [-0.2, 0) is 6.42 Å². The molecule has 0 bridgehead atoms. The summed E-state index contributed by atoms with van der Waals surface area (Å²) in [6.45, 7) is 0. The Kier molecular flexibility index (Phi) is 5.44. The Bertz CT molecular complexity index is 1050. The average molecular weight is 376 g/mol. The molecular formula is C27H20O2. The van der Waals surface area contributed by atoms with Gasteiger partial charge in [0.25, 0.3) is 0 Å². The molecule has 0 radical (unpaired) electrons. The fourth-order valence-corrected chi connectivity index (χ4v) is 3.49. The Morgan fingerprint density at radius 3 is 1.21 bits per heavy atom. The van der Waals surface area contributed by atoms with E-state index in [1.54, 1.807) is 0 Å². The predicted octanol–water partition coefficient (Wildman–Crippen LogP) is 5.74. The summed E-state index contributed by atoms with van der Waals surface area (Å²) in [6, 6.07) is 33.8. The van der Waals surface area contributed by atoms with Gasteiger partial charge in [0.1, 0.15) is 0 Å². The second kappa shape index (κ2) is 8.49. The minimum absolute atomic E-state index is 0.00642. The Labute approximate surface area is 170 Å². The molecule has 2 heteroatoms. The summed E-state index contributed by atoms with van der Waals surface area (Å²) in [5, 5.41) is 0. The van der Waals surface area contributed by atoms with Gasteiger partial charge in [0.15, 0.2) is 11.6 Å². The maximum absolute atomic E-state index is 13.0. The van der Waals surface area contributed by atoms with Crippen LogP contribution in [0.15, 0.2) is 109 Å². The molecule has 0 N–H and O–H groups in total. The molecule has 0 heterocycles. The van der Waals surface area contributed by atoms with E-state index in [-0.39, 0.29) is 11.6 Å². The van der Waals surface area contributed by atoms with Crippen LogP contribution in [0.3, 0.4) is 0 Å². The van der Waals surface area contributed by atoms with E-state index >= 15 is 0 Å². The van der Waals surface area contributed by atoms with Crippen molar-refractivity contribution >= 4 is 11.6 Å². The van der Waals surface area contributed by atoms with Gasteiger partial charge in [0.2, 0.25) is 0 Å². The number of ketones is 2. The highest BCUT2D eigenvalue weighted by atomic mass is 16.1. The zero-order valence-electron chi connectivity index (χ0n) is 15.9. The largest absolute Gasteiger partial charge is 0.289 e. The van der Waals surface area contributed by atoms with Gasteiger partial charge in [-0.25, -0.2) is 0 Å². The fraction of sp³-hybridized carbons (Fsp3) is 0.0370. The van der Waals surface area contributed by atoms with Crippen LogP contribution in [0.4, 0.5) is 0 Å². The highest BCUT2D eigenvalue weighted by molar-refractivity contribution is 6.11. The van der Waals surface area contributed by atoms with Crippen LogP contribution >= 0.6 is 0 Å². The maximum Gasteiger partial charge on any atom is 0.193 e. The number of hydrogen-bond acceptors (Lipinski definition) is 2. The summed E-state index contributed by atoms with van der Waals surface area (Å²) in [5.74, 6) is -0.0128. The van der Waals surface area contributed by atoms with Crippen molar-refractivity contribution in [2.45, 2.75) is 6.42 Å². The minimum atomic E-state index is -0.00642. The topological polar surface area (TPSA) is 34.1 Å². The SMILES string of the molecule is O=C(c1ccccc1)c1ccccc1Cc1ccccc1C(=O)c1ccccc1. The molecule has 0 fully saturated rings. The highest BCUT2D eigenvalue weighted by Crippen LogP contribution is 2.22. The molecule has 2 nitrogen and oxygen atoms in total. The normalized spacial score (nSPS) is 10.5. The lowest BCUT2D eigenvalue weighted by atomic mass is 9.90. The second-order valence-electron chi connectivity index (χ2n) is 6.88. The van der Waals surface area contributed by atoms with Crippen LogP contribution in [0, 0.1) is 0 Å². The Morgan fingerprint density at radius 2 is 0.793 bits per heavy atom. The summed E-state index contributed by atoms with van der Waals surface area (Å²) in [5.41, 5.74) is 4.48. The lowest BCUT2D eigenvalue weighted by molar-refractivity contribution is 0.103. The van der Waals surface area contributed by atoms with Crippen LogP contribution in [0.25, 0.3) is 0 Å². The number of rotatable bonds is 6. The quantitative estimate of drug-likeness (QED) is 0.402. The first-order valence-electron chi connectivity index (χ1n) is 9.59. The maximum atomic E-state index is 13.0. The van der Waals surface area contributed by atoms with E-state index in [2.05, 4.69) is 0 Å². The number of benzene rings is 4. The van der Waals surface area contributed by atoms with Crippen LogP contribution in [-0.4, -0.2) is 11.6 Å². The molecule has 0 aliphatic carbocycles. The van der Waals surface area contributed by atoms with Crippen LogP contribution in [0.2, 0.25) is 0 Å². The second-order valence-corrected chi connectivity index (χ2v) is 6.88. The standard InChI is InChI=1S/C27H20O2/c28-26(20-11-3-1-4-12-20)24-17-9-7-15-22(24)19-23-16-8-10-18-25(23)27(29)21-13-5-2-6-14-21/h1-18H,19H2. The summed E-state index contributed by atoms with van der Waals surface area (Å²) in [7, 11) is 0. The minimum Gasteiger partial charge on any atom is -0.289 e. The first-order chi connectivity index (χ1) is 14.2. The van der Waals surface area contributed by atoms with Gasteiger partial charge in [-0.05, 0) is 17.5 Å². The molecule has 0 aliphatic rings. The van der Waals surface area contributed by atoms with E-state index in [4.69, 9.17) is 0 Å². The smallest absolute Gasteiger partial charge is 0.193 e. The molecule has 4 rings (SSSR count). The van der Waals surface area contributed by atoms with Gasteiger partial charge < -0.3 is 0 Å². The third-order valence-corrected chi connectivity index (χ3v) is 4.98. The summed E-state index contributed by atoms with van der Waals surface area (Å²) < 4.78 is 0. The van der Waals surface area contributed by atoms with Crippen LogP contribution in [0.1, 0.15) is 43.0 Å². The van der Waals surface area contributed by atoms with Crippen molar-refractivity contribution in [3.63, 3.8) is 0 Å². The number of carbonyl (C=O) groups is 2. The van der Waals surface area contributed by atoms with E-state index in [9.17, 15) is 9.59 Å². The molecule has 4 aromatic rings. The third-order valence-electron chi connectivity index (χ3n) is 4.98. The predicted molar refractivity (Wildman–Crippen MR) is 115 cm³/mol. The summed E-state index contributed by atoms with van der Waals surface area (Å²) in [4.78, 5) is 26.1. The molecule has 0 aliphatic heterocycles. The van der Waals surface area contributed by atoms with Crippen molar-refractivity contribution in [1.82, 2.24) is 0 Å². The number of carbonyl (C=O) groups excluding carboxylic acids is 2. The molecule has 0 spiro atoms. The van der Waals surface area contributed by atoms with Gasteiger partial charge in [0.05, 0.1) is 0 Å². The first-order valence-corrected chi connectivity index (χ1v) is 9.59. The van der Waals surface area contributed by atoms with Crippen molar-refractivity contribution in [2.75, 3.05) is 0 Å². The van der Waals surface area contributed by atoms with Gasteiger partial charge in [-0.15, -0.1) is 0 Å². The van der Waals surface area contributed by atoms with Gasteiger partial charge in [0, 0.05) is 22.3 Å². The fourth-order valence-electron chi connectivity index (χ4n) is 3.49. The van der Waals surface area contributed by atoms with Gasteiger partial charge >= 0.3 is 0 Å². The molecule has 0 amide bonds. The van der Waals surface area contributed by atoms with Crippen molar-refractivity contribution in [1.29, 1.82) is 0 Å². The average Bonchev–Trinajstić information content (AvgIpc) is 2.80. The van der Waals surface area contributed by atoms with Gasteiger partial charge in [-0.1, -0.05) is 109 Å². The lowest BCUT2D eigenvalue weighted by Crippen LogP contribution is -2.09. The molecule has 29 heavy (non-hydrogen) atoms. The first kappa shape index (κ1) is 18.6. The molecule has 4 aromatic carbocycles. The van der Waals surface area contributed by atoms with Crippen LogP contribution in [0.5, 0.6) is 0 Å². The molecule has 0 unspecified atom stereocenters. The highest BCUT2D eigenvalue weighted by Gasteiger charge is 2.17. The third kappa shape index (κ3) is 4.07. The molecule has 0 saturated heterocycles. The van der Waals surface area contributed by atoms with Crippen molar-refractivity contribution < 1.29 is 9.59 Å². The Hall–Kier alpha value is -3.78. The van der Waals surface area contributed by atoms with E-state index in [1.807, 2.05) is 109 Å². The van der Waals surface area contributed by atoms with Crippen LogP contribution < -0.4 is 0 Å². The lowest BCUT2D eigenvalue weighted by Gasteiger charge is -2.12. The number of hydrogen-bond donors (Lipinski definition) is 0. The van der Waals surface area contributed by atoms with Crippen molar-refractivity contribution in [3.8, 4) is 0 Å². The van der Waals surface area contributed by atoms with Gasteiger partial charge in [-0.3, -0.25) is 9.59 Å². The van der Waals surface area contributed by atoms with Gasteiger partial charge in [-0.2, -0.15) is 0 Å². The van der Waals surface area contributed by atoms with Crippen molar-refractivity contribution in [2.24, 2.45) is 0 Å². The molecule has 0 saturated carbocycles. The molecule has 140 valence electrons. The summed E-state index contributed by atoms with van der Waals surface area (Å²) in [6.07, 6.45) is 0.517. The molecule has 0 atom stereocenters.